The molecule has 2 aromatic heterocycles. The lowest BCUT2D eigenvalue weighted by molar-refractivity contribution is 0.383. The van der Waals surface area contributed by atoms with E-state index in [1.165, 1.54) is 6.39 Å². The molecule has 0 atom stereocenters. The summed E-state index contributed by atoms with van der Waals surface area (Å²) in [5.74, 6) is -0.0865. The van der Waals surface area contributed by atoms with Crippen LogP contribution in [0.3, 0.4) is 0 Å². The molecule has 0 unspecified atom stereocenters. The van der Waals surface area contributed by atoms with Gasteiger partial charge in [-0.2, -0.15) is 4.98 Å². The van der Waals surface area contributed by atoms with E-state index in [0.29, 0.717) is 12.2 Å². The van der Waals surface area contributed by atoms with Crippen molar-refractivity contribution in [1.82, 2.24) is 19.7 Å². The zero-order chi connectivity index (χ0) is 14.0. The fourth-order valence-corrected chi connectivity index (χ4v) is 1.82. The largest absolute Gasteiger partial charge is 0.494 e. The Morgan fingerprint density at radius 1 is 1.47 bits per heavy atom. The molecule has 2 aromatic rings. The van der Waals surface area contributed by atoms with E-state index in [2.05, 4.69) is 19.6 Å². The lowest BCUT2D eigenvalue weighted by Crippen LogP contribution is -2.33. The Morgan fingerprint density at radius 3 is 2.79 bits per heavy atom. The Hall–Kier alpha value is -2.38. The maximum absolute atomic E-state index is 11.7. The van der Waals surface area contributed by atoms with Crippen LogP contribution in [0.1, 0.15) is 31.2 Å². The predicted molar refractivity (Wildman–Crippen MR) is 65.1 cm³/mol. The van der Waals surface area contributed by atoms with Gasteiger partial charge in [0.05, 0.1) is 5.56 Å². The molecule has 0 saturated heterocycles. The van der Waals surface area contributed by atoms with E-state index < -0.39 is 11.2 Å². The number of aromatic hydroxyl groups is 1. The van der Waals surface area contributed by atoms with E-state index in [9.17, 15) is 14.7 Å². The minimum absolute atomic E-state index is 0.153. The van der Waals surface area contributed by atoms with Crippen molar-refractivity contribution >= 4 is 0 Å². The van der Waals surface area contributed by atoms with Gasteiger partial charge in [-0.25, -0.2) is 4.79 Å². The third-order valence-electron chi connectivity index (χ3n) is 2.75. The number of hydrogen-bond donors (Lipinski definition) is 2. The van der Waals surface area contributed by atoms with E-state index in [4.69, 9.17) is 0 Å². The summed E-state index contributed by atoms with van der Waals surface area (Å²) < 4.78 is 5.67. The van der Waals surface area contributed by atoms with Crippen molar-refractivity contribution in [1.29, 1.82) is 0 Å². The summed E-state index contributed by atoms with van der Waals surface area (Å²) >= 11 is 0. The molecule has 8 heteroatoms. The lowest BCUT2D eigenvalue weighted by atomic mass is 10.1. The number of aromatic amines is 1. The normalized spacial score (nSPS) is 11.1. The standard InChI is InChI=1S/C11H14N4O4/c1-6(2)8-9(16)13-11(18)15(10(8)17)4-3-7-12-5-19-14-7/h5-6,17H,3-4H2,1-2H3,(H,13,16,18). The minimum atomic E-state index is -0.657. The van der Waals surface area contributed by atoms with E-state index in [0.717, 1.165) is 4.57 Å². The second-order valence-electron chi connectivity index (χ2n) is 4.40. The first-order chi connectivity index (χ1) is 9.00. The molecular weight excluding hydrogens is 252 g/mol. The van der Waals surface area contributed by atoms with Gasteiger partial charge in [0.25, 0.3) is 5.56 Å². The molecular formula is C11H14N4O4. The molecule has 102 valence electrons. The van der Waals surface area contributed by atoms with Crippen LogP contribution in [0.5, 0.6) is 5.88 Å². The SMILES string of the molecule is CC(C)c1c(O)n(CCc2ncon2)c(=O)[nH]c1=O. The zero-order valence-electron chi connectivity index (χ0n) is 10.6. The van der Waals surface area contributed by atoms with Gasteiger partial charge in [0.1, 0.15) is 0 Å². The van der Waals surface area contributed by atoms with Crippen molar-refractivity contribution < 1.29 is 9.63 Å². The number of aryl methyl sites for hydroxylation is 1. The highest BCUT2D eigenvalue weighted by Crippen LogP contribution is 2.19. The third kappa shape index (κ3) is 2.56. The lowest BCUT2D eigenvalue weighted by Gasteiger charge is -2.12. The Labute approximate surface area is 107 Å². The smallest absolute Gasteiger partial charge is 0.331 e. The van der Waals surface area contributed by atoms with Crippen molar-refractivity contribution in [2.24, 2.45) is 0 Å². The van der Waals surface area contributed by atoms with Gasteiger partial charge in [-0.1, -0.05) is 19.0 Å². The number of aromatic nitrogens is 4. The quantitative estimate of drug-likeness (QED) is 0.804. The molecule has 2 N–H and O–H groups in total. The van der Waals surface area contributed by atoms with Crippen molar-refractivity contribution in [2.75, 3.05) is 0 Å². The van der Waals surface area contributed by atoms with Crippen LogP contribution in [0.4, 0.5) is 0 Å². The van der Waals surface area contributed by atoms with Crippen LogP contribution in [-0.4, -0.2) is 24.8 Å². The molecule has 0 spiro atoms. The average Bonchev–Trinajstić information content (AvgIpc) is 2.80. The number of hydrogen-bond acceptors (Lipinski definition) is 6. The van der Waals surface area contributed by atoms with Gasteiger partial charge in [-0.05, 0) is 5.92 Å². The van der Waals surface area contributed by atoms with E-state index in [1.807, 2.05) is 0 Å². The maximum Gasteiger partial charge on any atom is 0.331 e. The first kappa shape index (κ1) is 13.1. The van der Waals surface area contributed by atoms with Crippen molar-refractivity contribution in [3.63, 3.8) is 0 Å². The number of rotatable bonds is 4. The maximum atomic E-state index is 11.7. The molecule has 0 amide bonds. The molecule has 0 aliphatic rings. The molecule has 2 rings (SSSR count). The van der Waals surface area contributed by atoms with Gasteiger partial charge in [0.2, 0.25) is 12.3 Å². The fraction of sp³-hybridized carbons (Fsp3) is 0.455. The van der Waals surface area contributed by atoms with Gasteiger partial charge in [0.15, 0.2) is 5.82 Å². The van der Waals surface area contributed by atoms with Gasteiger partial charge in [-0.15, -0.1) is 0 Å². The van der Waals surface area contributed by atoms with Gasteiger partial charge in [-0.3, -0.25) is 14.3 Å². The van der Waals surface area contributed by atoms with Gasteiger partial charge in [0, 0.05) is 13.0 Å². The van der Waals surface area contributed by atoms with Crippen LogP contribution >= 0.6 is 0 Å². The summed E-state index contributed by atoms with van der Waals surface area (Å²) in [4.78, 5) is 29.3. The number of H-pyrrole nitrogens is 1. The molecule has 0 fully saturated rings. The second kappa shape index (κ2) is 5.09. The van der Waals surface area contributed by atoms with Gasteiger partial charge < -0.3 is 9.63 Å². The van der Waals surface area contributed by atoms with Crippen molar-refractivity contribution in [2.45, 2.75) is 32.7 Å². The van der Waals surface area contributed by atoms with Crippen LogP contribution in [0, 0.1) is 0 Å². The van der Waals surface area contributed by atoms with Gasteiger partial charge >= 0.3 is 5.69 Å². The predicted octanol–water partition coefficient (Wildman–Crippen LogP) is -0.00870. The molecule has 0 aromatic carbocycles. The summed E-state index contributed by atoms with van der Waals surface area (Å²) in [5.41, 5.74) is -1.03. The Bertz CT molecular complexity index is 669. The molecule has 8 nitrogen and oxygen atoms in total. The van der Waals surface area contributed by atoms with Crippen LogP contribution in [-0.2, 0) is 13.0 Å². The molecule has 0 radical (unpaired) electrons. The minimum Gasteiger partial charge on any atom is -0.494 e. The third-order valence-corrected chi connectivity index (χ3v) is 2.75. The molecule has 2 heterocycles. The highest BCUT2D eigenvalue weighted by Gasteiger charge is 2.17. The summed E-state index contributed by atoms with van der Waals surface area (Å²) in [6, 6.07) is 0. The fourth-order valence-electron chi connectivity index (χ4n) is 1.82. The Balaban J connectivity index is 2.37. The van der Waals surface area contributed by atoms with E-state index in [-0.39, 0.29) is 23.9 Å². The second-order valence-corrected chi connectivity index (χ2v) is 4.40. The number of nitrogens with one attached hydrogen (secondary N) is 1. The molecule has 0 saturated carbocycles. The summed E-state index contributed by atoms with van der Waals surface area (Å²) in [5, 5.41) is 13.6. The highest BCUT2D eigenvalue weighted by atomic mass is 16.5. The molecule has 0 aliphatic heterocycles. The molecule has 0 bridgehead atoms. The zero-order valence-corrected chi connectivity index (χ0v) is 10.6. The molecule has 0 aliphatic carbocycles. The topological polar surface area (TPSA) is 114 Å². The van der Waals surface area contributed by atoms with Crippen LogP contribution in [0.25, 0.3) is 0 Å². The van der Waals surface area contributed by atoms with Crippen molar-refractivity contribution in [3.8, 4) is 5.88 Å². The summed E-state index contributed by atoms with van der Waals surface area (Å²) in [7, 11) is 0. The number of nitrogens with zero attached hydrogens (tertiary/aromatic N) is 3. The van der Waals surface area contributed by atoms with Crippen molar-refractivity contribution in [3.05, 3.63) is 38.6 Å². The van der Waals surface area contributed by atoms with E-state index in [1.54, 1.807) is 13.8 Å². The summed E-state index contributed by atoms with van der Waals surface area (Å²) in [6.07, 6.45) is 1.50. The monoisotopic (exact) mass is 266 g/mol. The first-order valence-electron chi connectivity index (χ1n) is 5.82. The first-order valence-corrected chi connectivity index (χ1v) is 5.82. The Morgan fingerprint density at radius 2 is 2.21 bits per heavy atom. The van der Waals surface area contributed by atoms with Crippen LogP contribution in [0.2, 0.25) is 0 Å². The average molecular weight is 266 g/mol. The highest BCUT2D eigenvalue weighted by molar-refractivity contribution is 5.25. The van der Waals surface area contributed by atoms with Crippen LogP contribution < -0.4 is 11.2 Å². The van der Waals surface area contributed by atoms with E-state index >= 15 is 0 Å². The van der Waals surface area contributed by atoms with Crippen LogP contribution in [0.15, 0.2) is 20.5 Å². The summed E-state index contributed by atoms with van der Waals surface area (Å²) in [6.45, 7) is 3.68. The Kier molecular flexibility index (Phi) is 3.50. The molecule has 19 heavy (non-hydrogen) atoms.